The number of hydrogen-bond donors (Lipinski definition) is 1. The van der Waals surface area contributed by atoms with E-state index in [9.17, 15) is 22.4 Å². The van der Waals surface area contributed by atoms with Crippen LogP contribution in [0.25, 0.3) is 11.0 Å². The van der Waals surface area contributed by atoms with Gasteiger partial charge in [-0.15, -0.1) is 0 Å². The number of fused-ring (bicyclic) bond motifs is 1. The molecular formula is C25H31F4N5O. The van der Waals surface area contributed by atoms with Crippen LogP contribution >= 0.6 is 0 Å². The third-order valence-electron chi connectivity index (χ3n) is 6.14. The van der Waals surface area contributed by atoms with Crippen LogP contribution in [0.5, 0.6) is 0 Å². The number of halogens is 4. The molecule has 1 N–H and O–H groups in total. The number of anilines is 1. The van der Waals surface area contributed by atoms with Crippen molar-refractivity contribution < 1.29 is 17.6 Å². The highest BCUT2D eigenvalue weighted by Crippen LogP contribution is 2.31. The van der Waals surface area contributed by atoms with E-state index in [0.717, 1.165) is 6.07 Å². The second-order valence-corrected chi connectivity index (χ2v) is 8.47. The summed E-state index contributed by atoms with van der Waals surface area (Å²) in [5, 5.41) is 3.47. The lowest BCUT2D eigenvalue weighted by Crippen LogP contribution is -2.40. The Morgan fingerprint density at radius 1 is 1.20 bits per heavy atom. The first-order valence-electron chi connectivity index (χ1n) is 11.7. The third-order valence-corrected chi connectivity index (χ3v) is 6.14. The lowest BCUT2D eigenvalue weighted by molar-refractivity contribution is 0.138. The van der Waals surface area contributed by atoms with E-state index in [1.165, 1.54) is 16.7 Å². The van der Waals surface area contributed by atoms with Crippen molar-refractivity contribution in [3.63, 3.8) is 0 Å². The Hall–Kier alpha value is -3.01. The highest BCUT2D eigenvalue weighted by Gasteiger charge is 2.31. The maximum Gasteiger partial charge on any atom is 0.266 e. The molecule has 0 radical (unpaired) electrons. The van der Waals surface area contributed by atoms with E-state index in [4.69, 9.17) is 0 Å². The Labute approximate surface area is 202 Å². The minimum atomic E-state index is -2.92. The predicted octanol–water partition coefficient (Wildman–Crippen LogP) is 5.11. The number of aromatic nitrogens is 3. The molecule has 4 rings (SSSR count). The molecule has 0 amide bonds. The lowest BCUT2D eigenvalue weighted by atomic mass is 9.88. The number of nitrogens with one attached hydrogen (secondary N) is 1. The molecule has 190 valence electrons. The fourth-order valence-electron chi connectivity index (χ4n) is 4.35. The van der Waals surface area contributed by atoms with Gasteiger partial charge in [-0.25, -0.2) is 27.5 Å². The molecule has 1 saturated heterocycles. The minimum Gasteiger partial charge on any atom is -0.365 e. The van der Waals surface area contributed by atoms with Gasteiger partial charge in [-0.2, -0.15) is 0 Å². The van der Waals surface area contributed by atoms with E-state index in [2.05, 4.69) is 15.3 Å². The number of aryl methyl sites for hydroxylation is 2. The maximum absolute atomic E-state index is 14.8. The van der Waals surface area contributed by atoms with Crippen molar-refractivity contribution in [3.05, 3.63) is 63.0 Å². The summed E-state index contributed by atoms with van der Waals surface area (Å²) < 4.78 is 56.8. The summed E-state index contributed by atoms with van der Waals surface area (Å²) in [7, 11) is 3.40. The van der Waals surface area contributed by atoms with Crippen molar-refractivity contribution in [2.75, 3.05) is 25.5 Å². The molecule has 6 nitrogen and oxygen atoms in total. The van der Waals surface area contributed by atoms with Crippen molar-refractivity contribution in [1.82, 2.24) is 19.4 Å². The van der Waals surface area contributed by atoms with E-state index in [1.807, 2.05) is 25.8 Å². The smallest absolute Gasteiger partial charge is 0.266 e. The van der Waals surface area contributed by atoms with Gasteiger partial charge in [0.15, 0.2) is 0 Å². The molecule has 35 heavy (non-hydrogen) atoms. The molecule has 0 spiro atoms. The number of nitrogens with zero attached hydrogens (tertiary/aromatic N) is 4. The van der Waals surface area contributed by atoms with E-state index >= 15 is 0 Å². The molecule has 1 aliphatic heterocycles. The molecule has 0 aliphatic carbocycles. The van der Waals surface area contributed by atoms with Crippen LogP contribution in [0.4, 0.5) is 23.4 Å². The van der Waals surface area contributed by atoms with E-state index in [-0.39, 0.29) is 24.2 Å². The Bertz CT molecular complexity index is 1250. The quantitative estimate of drug-likeness (QED) is 0.501. The standard InChI is InChI=1S/C23H25F4N5O.C2H6/c1-12-29-21(28-10-13-5-4-6-15(19(13)25)20(26)27)17-9-16(23(33)32(3)22(17)30-12)14-7-8-31(2)11-18(14)24;1-2/h4-6,9,14,18,20H,7-8,10-11H2,1-3H3,(H,28,29,30);1-2H3. The Kier molecular flexibility index (Phi) is 8.47. The van der Waals surface area contributed by atoms with Gasteiger partial charge in [0.05, 0.1) is 10.9 Å². The Balaban J connectivity index is 0.00000167. The van der Waals surface area contributed by atoms with Crippen LogP contribution in [0.2, 0.25) is 0 Å². The Morgan fingerprint density at radius 3 is 2.57 bits per heavy atom. The third kappa shape index (κ3) is 5.47. The van der Waals surface area contributed by atoms with Crippen LogP contribution < -0.4 is 10.9 Å². The van der Waals surface area contributed by atoms with Crippen LogP contribution in [-0.2, 0) is 13.6 Å². The van der Waals surface area contributed by atoms with Crippen LogP contribution in [0, 0.1) is 12.7 Å². The van der Waals surface area contributed by atoms with Crippen molar-refractivity contribution in [2.45, 2.75) is 52.3 Å². The van der Waals surface area contributed by atoms with Crippen LogP contribution in [-0.4, -0.2) is 45.7 Å². The normalized spacial score (nSPS) is 18.5. The summed E-state index contributed by atoms with van der Waals surface area (Å²) in [4.78, 5) is 23.7. The van der Waals surface area contributed by atoms with E-state index in [1.54, 1.807) is 20.0 Å². The fraction of sp³-hybridized carbons (Fsp3) is 0.480. The van der Waals surface area contributed by atoms with Crippen LogP contribution in [0.15, 0.2) is 29.1 Å². The topological polar surface area (TPSA) is 63.1 Å². The average molecular weight is 494 g/mol. The number of benzene rings is 1. The molecule has 1 fully saturated rings. The number of alkyl halides is 3. The molecule has 1 aliphatic rings. The minimum absolute atomic E-state index is 0.0569. The number of piperidine rings is 1. The molecule has 3 heterocycles. The van der Waals surface area contributed by atoms with Gasteiger partial charge in [0, 0.05) is 37.2 Å². The van der Waals surface area contributed by atoms with Gasteiger partial charge in [-0.05, 0) is 33.0 Å². The number of rotatable bonds is 5. The fourth-order valence-corrected chi connectivity index (χ4v) is 4.35. The van der Waals surface area contributed by atoms with Gasteiger partial charge in [0.25, 0.3) is 12.0 Å². The number of hydrogen-bond acceptors (Lipinski definition) is 5. The van der Waals surface area contributed by atoms with Gasteiger partial charge in [-0.3, -0.25) is 9.36 Å². The van der Waals surface area contributed by atoms with E-state index in [0.29, 0.717) is 41.2 Å². The second kappa shape index (κ2) is 11.2. The summed E-state index contributed by atoms with van der Waals surface area (Å²) in [5.41, 5.74) is -0.240. The highest BCUT2D eigenvalue weighted by molar-refractivity contribution is 5.87. The Morgan fingerprint density at radius 2 is 1.91 bits per heavy atom. The monoisotopic (exact) mass is 493 g/mol. The van der Waals surface area contributed by atoms with Crippen molar-refractivity contribution in [3.8, 4) is 0 Å². The van der Waals surface area contributed by atoms with Gasteiger partial charge in [0.1, 0.15) is 29.3 Å². The van der Waals surface area contributed by atoms with Crippen LogP contribution in [0.3, 0.4) is 0 Å². The van der Waals surface area contributed by atoms with Gasteiger partial charge < -0.3 is 10.2 Å². The number of pyridine rings is 1. The molecule has 3 aromatic rings. The predicted molar refractivity (Wildman–Crippen MR) is 129 cm³/mol. The first kappa shape index (κ1) is 26.6. The summed E-state index contributed by atoms with van der Waals surface area (Å²) in [6.07, 6.45) is -3.62. The van der Waals surface area contributed by atoms with Crippen molar-refractivity contribution >= 4 is 16.9 Å². The summed E-state index contributed by atoms with van der Waals surface area (Å²) in [6.45, 7) is 6.45. The first-order chi connectivity index (χ1) is 16.7. The zero-order chi connectivity index (χ0) is 25.9. The summed E-state index contributed by atoms with van der Waals surface area (Å²) >= 11 is 0. The van der Waals surface area contributed by atoms with Crippen LogP contribution in [0.1, 0.15) is 55.1 Å². The van der Waals surface area contributed by atoms with Gasteiger partial charge >= 0.3 is 0 Å². The van der Waals surface area contributed by atoms with Crippen molar-refractivity contribution in [2.24, 2.45) is 7.05 Å². The molecule has 2 aromatic heterocycles. The molecule has 10 heteroatoms. The number of likely N-dealkylation sites (tertiary alicyclic amines) is 1. The summed E-state index contributed by atoms with van der Waals surface area (Å²) in [6, 6.07) is 5.44. The summed E-state index contributed by atoms with van der Waals surface area (Å²) in [5.74, 6) is -0.842. The van der Waals surface area contributed by atoms with Gasteiger partial charge in [-0.1, -0.05) is 32.0 Å². The SMILES string of the molecule is CC.Cc1nc(NCc2cccc(C(F)F)c2F)c2cc(C3CCN(C)CC3F)c(=O)n(C)c2n1. The zero-order valence-corrected chi connectivity index (χ0v) is 20.6. The maximum atomic E-state index is 14.8. The molecule has 2 unspecified atom stereocenters. The van der Waals surface area contributed by atoms with Gasteiger partial charge in [0.2, 0.25) is 0 Å². The molecule has 1 aromatic carbocycles. The molecule has 0 saturated carbocycles. The molecule has 0 bridgehead atoms. The lowest BCUT2D eigenvalue weighted by Gasteiger charge is -2.32. The van der Waals surface area contributed by atoms with E-state index < -0.39 is 29.9 Å². The van der Waals surface area contributed by atoms with Crippen molar-refractivity contribution in [1.29, 1.82) is 0 Å². The second-order valence-electron chi connectivity index (χ2n) is 8.47. The average Bonchev–Trinajstić information content (AvgIpc) is 2.82. The first-order valence-corrected chi connectivity index (χ1v) is 11.7. The molecule has 2 atom stereocenters. The highest BCUT2D eigenvalue weighted by atomic mass is 19.3. The zero-order valence-electron chi connectivity index (χ0n) is 20.6. The largest absolute Gasteiger partial charge is 0.365 e. The molecular weight excluding hydrogens is 462 g/mol.